The molecular formula is C17H20N2O4S. The first-order valence-corrected chi connectivity index (χ1v) is 8.93. The third kappa shape index (κ3) is 3.21. The standard InChI is InChI=1S/C17H20N2O4S/c1-4-12-8-9-13(23-12)15(20)19(11-6-7-11)17-18-10(3)14(24-17)16(21)22-5-2/h8-9,11H,4-7H2,1-3H3. The molecule has 2 aromatic heterocycles. The summed E-state index contributed by atoms with van der Waals surface area (Å²) in [6.07, 6.45) is 2.60. The van der Waals surface area contributed by atoms with Crippen LogP contribution in [-0.4, -0.2) is 29.5 Å². The number of ether oxygens (including phenoxy) is 1. The molecule has 2 heterocycles. The minimum Gasteiger partial charge on any atom is -0.462 e. The van der Waals surface area contributed by atoms with Crippen LogP contribution in [0.2, 0.25) is 0 Å². The minimum atomic E-state index is -0.395. The van der Waals surface area contributed by atoms with E-state index in [9.17, 15) is 9.59 Å². The van der Waals surface area contributed by atoms with E-state index in [1.54, 1.807) is 24.8 Å². The van der Waals surface area contributed by atoms with Gasteiger partial charge < -0.3 is 9.15 Å². The summed E-state index contributed by atoms with van der Waals surface area (Å²) >= 11 is 1.20. The molecule has 1 fully saturated rings. The second-order valence-corrected chi connectivity index (χ2v) is 6.63. The molecule has 1 aliphatic rings. The zero-order chi connectivity index (χ0) is 17.3. The molecule has 1 saturated carbocycles. The smallest absolute Gasteiger partial charge is 0.350 e. The van der Waals surface area contributed by atoms with Gasteiger partial charge in [0.1, 0.15) is 10.6 Å². The highest BCUT2D eigenvalue weighted by Gasteiger charge is 2.38. The predicted octanol–water partition coefficient (Wildman–Crippen LogP) is 3.59. The fourth-order valence-corrected chi connectivity index (χ4v) is 3.45. The van der Waals surface area contributed by atoms with Crippen molar-refractivity contribution < 1.29 is 18.7 Å². The van der Waals surface area contributed by atoms with Crippen molar-refractivity contribution in [1.82, 2.24) is 4.98 Å². The molecule has 0 bridgehead atoms. The fraction of sp³-hybridized carbons (Fsp3) is 0.471. The summed E-state index contributed by atoms with van der Waals surface area (Å²) < 4.78 is 10.6. The van der Waals surface area contributed by atoms with Gasteiger partial charge in [-0.25, -0.2) is 9.78 Å². The van der Waals surface area contributed by atoms with E-state index in [1.807, 2.05) is 13.0 Å². The van der Waals surface area contributed by atoms with Gasteiger partial charge in [0.2, 0.25) is 0 Å². The molecule has 7 heteroatoms. The van der Waals surface area contributed by atoms with E-state index < -0.39 is 5.97 Å². The SMILES string of the molecule is CCOC(=O)c1sc(N(C(=O)c2ccc(CC)o2)C2CC2)nc1C. The zero-order valence-corrected chi connectivity index (χ0v) is 14.8. The molecule has 0 atom stereocenters. The quantitative estimate of drug-likeness (QED) is 0.746. The average molecular weight is 348 g/mol. The van der Waals surface area contributed by atoms with Crippen molar-refractivity contribution in [2.45, 2.75) is 46.1 Å². The van der Waals surface area contributed by atoms with Crippen molar-refractivity contribution in [3.8, 4) is 0 Å². The maximum absolute atomic E-state index is 12.9. The lowest BCUT2D eigenvalue weighted by atomic mass is 10.3. The molecule has 0 aliphatic heterocycles. The van der Waals surface area contributed by atoms with Crippen molar-refractivity contribution >= 4 is 28.3 Å². The van der Waals surface area contributed by atoms with Crippen LogP contribution in [0.5, 0.6) is 0 Å². The summed E-state index contributed by atoms with van der Waals surface area (Å²) in [6, 6.07) is 3.63. The molecule has 0 N–H and O–H groups in total. The lowest BCUT2D eigenvalue weighted by Gasteiger charge is -2.17. The van der Waals surface area contributed by atoms with Gasteiger partial charge in [0.25, 0.3) is 5.91 Å². The van der Waals surface area contributed by atoms with Crippen LogP contribution in [0.25, 0.3) is 0 Å². The summed E-state index contributed by atoms with van der Waals surface area (Å²) in [5.41, 5.74) is 0.584. The Balaban J connectivity index is 1.90. The highest BCUT2D eigenvalue weighted by Crippen LogP contribution is 2.37. The summed E-state index contributed by atoms with van der Waals surface area (Å²) in [6.45, 7) is 5.80. The van der Waals surface area contributed by atoms with Crippen LogP contribution in [0.4, 0.5) is 5.13 Å². The second kappa shape index (κ2) is 6.76. The van der Waals surface area contributed by atoms with E-state index in [0.29, 0.717) is 28.1 Å². The molecule has 0 aromatic carbocycles. The van der Waals surface area contributed by atoms with Crippen molar-refractivity contribution in [3.05, 3.63) is 34.2 Å². The first kappa shape index (κ1) is 16.7. The van der Waals surface area contributed by atoms with Crippen LogP contribution in [0, 0.1) is 6.92 Å². The zero-order valence-electron chi connectivity index (χ0n) is 14.0. The normalized spacial score (nSPS) is 13.8. The molecule has 1 amide bonds. The van der Waals surface area contributed by atoms with E-state index in [2.05, 4.69) is 4.98 Å². The Bertz CT molecular complexity index is 760. The first-order chi connectivity index (χ1) is 11.5. The number of carbonyl (C=O) groups excluding carboxylic acids is 2. The summed E-state index contributed by atoms with van der Waals surface area (Å²) in [5.74, 6) is 0.482. The lowest BCUT2D eigenvalue weighted by molar-refractivity contribution is 0.0531. The van der Waals surface area contributed by atoms with Gasteiger partial charge in [0.05, 0.1) is 12.3 Å². The number of amides is 1. The molecule has 128 valence electrons. The maximum atomic E-state index is 12.9. The molecule has 0 unspecified atom stereocenters. The Hall–Kier alpha value is -2.15. The molecule has 2 aromatic rings. The number of carbonyl (C=O) groups is 2. The molecule has 0 radical (unpaired) electrons. The molecule has 24 heavy (non-hydrogen) atoms. The molecule has 1 aliphatic carbocycles. The number of furan rings is 1. The Labute approximate surface area is 144 Å². The predicted molar refractivity (Wildman–Crippen MR) is 90.7 cm³/mol. The Kier molecular flexibility index (Phi) is 4.71. The van der Waals surface area contributed by atoms with Gasteiger partial charge in [-0.2, -0.15) is 0 Å². The number of esters is 1. The highest BCUT2D eigenvalue weighted by molar-refractivity contribution is 7.17. The van der Waals surface area contributed by atoms with E-state index in [-0.39, 0.29) is 11.9 Å². The van der Waals surface area contributed by atoms with Gasteiger partial charge in [-0.15, -0.1) is 0 Å². The third-order valence-corrected chi connectivity index (χ3v) is 4.94. The van der Waals surface area contributed by atoms with Crippen molar-refractivity contribution in [1.29, 1.82) is 0 Å². The Morgan fingerprint density at radius 3 is 2.71 bits per heavy atom. The number of aryl methyl sites for hydroxylation is 2. The lowest BCUT2D eigenvalue weighted by Crippen LogP contribution is -2.32. The second-order valence-electron chi connectivity index (χ2n) is 5.66. The van der Waals surface area contributed by atoms with E-state index in [4.69, 9.17) is 9.15 Å². The number of rotatable bonds is 6. The van der Waals surface area contributed by atoms with Crippen LogP contribution in [0.3, 0.4) is 0 Å². The van der Waals surface area contributed by atoms with Crippen molar-refractivity contribution in [2.24, 2.45) is 0 Å². The molecule has 6 nitrogen and oxygen atoms in total. The van der Waals surface area contributed by atoms with Gasteiger partial charge in [0, 0.05) is 12.5 Å². The first-order valence-electron chi connectivity index (χ1n) is 8.12. The van der Waals surface area contributed by atoms with Crippen molar-refractivity contribution in [2.75, 3.05) is 11.5 Å². The number of thiazole rings is 1. The number of aromatic nitrogens is 1. The summed E-state index contributed by atoms with van der Waals surface area (Å²) in [5, 5.41) is 0.525. The largest absolute Gasteiger partial charge is 0.462 e. The highest BCUT2D eigenvalue weighted by atomic mass is 32.1. The van der Waals surface area contributed by atoms with Gasteiger partial charge in [0.15, 0.2) is 10.9 Å². The maximum Gasteiger partial charge on any atom is 0.350 e. The van der Waals surface area contributed by atoms with Gasteiger partial charge in [-0.05, 0) is 38.8 Å². The average Bonchev–Trinajstić information content (AvgIpc) is 3.13. The summed E-state index contributed by atoms with van der Waals surface area (Å²) in [7, 11) is 0. The fourth-order valence-electron chi connectivity index (χ4n) is 2.41. The Morgan fingerprint density at radius 1 is 1.38 bits per heavy atom. The molecule has 0 spiro atoms. The number of anilines is 1. The van der Waals surface area contributed by atoms with E-state index in [0.717, 1.165) is 25.0 Å². The van der Waals surface area contributed by atoms with Gasteiger partial charge in [-0.1, -0.05) is 18.3 Å². The minimum absolute atomic E-state index is 0.119. The van der Waals surface area contributed by atoms with Gasteiger partial charge in [-0.3, -0.25) is 9.69 Å². The monoisotopic (exact) mass is 348 g/mol. The van der Waals surface area contributed by atoms with Crippen molar-refractivity contribution in [3.63, 3.8) is 0 Å². The van der Waals surface area contributed by atoms with Crippen LogP contribution >= 0.6 is 11.3 Å². The molecular weight excluding hydrogens is 328 g/mol. The number of hydrogen-bond acceptors (Lipinski definition) is 6. The topological polar surface area (TPSA) is 72.6 Å². The number of nitrogens with zero attached hydrogens (tertiary/aromatic N) is 2. The number of hydrogen-bond donors (Lipinski definition) is 0. The molecule has 0 saturated heterocycles. The van der Waals surface area contributed by atoms with Crippen LogP contribution in [0.1, 0.15) is 58.4 Å². The Morgan fingerprint density at radius 2 is 2.12 bits per heavy atom. The van der Waals surface area contributed by atoms with E-state index >= 15 is 0 Å². The molecule has 3 rings (SSSR count). The van der Waals surface area contributed by atoms with Crippen LogP contribution in [-0.2, 0) is 11.2 Å². The third-order valence-electron chi connectivity index (χ3n) is 3.80. The van der Waals surface area contributed by atoms with Crippen LogP contribution in [0.15, 0.2) is 16.5 Å². The van der Waals surface area contributed by atoms with Gasteiger partial charge >= 0.3 is 5.97 Å². The van der Waals surface area contributed by atoms with Crippen LogP contribution < -0.4 is 4.90 Å². The summed E-state index contributed by atoms with van der Waals surface area (Å²) in [4.78, 5) is 31.4. The van der Waals surface area contributed by atoms with E-state index in [1.165, 1.54) is 11.3 Å².